The maximum Gasteiger partial charge on any atom is 1.00 e. The van der Waals surface area contributed by atoms with Gasteiger partial charge in [-0.2, -0.15) is 0 Å². The van der Waals surface area contributed by atoms with E-state index in [0.717, 1.165) is 18.2 Å². The van der Waals surface area contributed by atoms with Crippen LogP contribution in [0.25, 0.3) is 11.0 Å². The third kappa shape index (κ3) is 10.2. The fourth-order valence-corrected chi connectivity index (χ4v) is 2.38. The number of rotatable bonds is 4. The SMILES string of the molecule is Cc1cc(=O)oc2cc(OS(=O)(=O)[O-])c(OS(=O)(=O)[O-])cc12.O.O.O.[Na+].[Na+]. The Kier molecular flexibility index (Phi) is 15.6. The first-order chi connectivity index (χ1) is 9.94. The molecule has 0 aliphatic heterocycles. The van der Waals surface area contributed by atoms with Crippen LogP contribution in [0.1, 0.15) is 5.56 Å². The van der Waals surface area contributed by atoms with Gasteiger partial charge in [0.25, 0.3) is 20.8 Å². The van der Waals surface area contributed by atoms with Gasteiger partial charge in [0.2, 0.25) is 0 Å². The van der Waals surface area contributed by atoms with Crippen molar-refractivity contribution in [3.8, 4) is 11.5 Å². The number of hydrogen-bond acceptors (Lipinski definition) is 10. The Morgan fingerprint density at radius 2 is 1.26 bits per heavy atom. The van der Waals surface area contributed by atoms with E-state index in [1.165, 1.54) is 6.92 Å². The van der Waals surface area contributed by atoms with Crippen molar-refractivity contribution in [2.45, 2.75) is 6.92 Å². The first-order valence-corrected chi connectivity index (χ1v) is 8.00. The van der Waals surface area contributed by atoms with Crippen LogP contribution in [0.4, 0.5) is 0 Å². The zero-order valence-electron chi connectivity index (χ0n) is 14.1. The molecule has 13 nitrogen and oxygen atoms in total. The minimum atomic E-state index is -5.29. The van der Waals surface area contributed by atoms with E-state index < -0.39 is 37.9 Å². The Morgan fingerprint density at radius 3 is 1.67 bits per heavy atom. The van der Waals surface area contributed by atoms with Gasteiger partial charge < -0.3 is 38.3 Å². The summed E-state index contributed by atoms with van der Waals surface area (Å²) in [6.45, 7) is 1.47. The van der Waals surface area contributed by atoms with E-state index in [-0.39, 0.29) is 86.5 Å². The molecule has 0 unspecified atom stereocenters. The molecule has 0 aliphatic rings. The molecule has 17 heteroatoms. The van der Waals surface area contributed by atoms with Gasteiger partial charge in [0.1, 0.15) is 5.58 Å². The summed E-state index contributed by atoms with van der Waals surface area (Å²) in [6.07, 6.45) is 0. The van der Waals surface area contributed by atoms with Gasteiger partial charge in [0.15, 0.2) is 11.5 Å². The second-order valence-corrected chi connectivity index (χ2v) is 5.99. The van der Waals surface area contributed by atoms with Crippen molar-refractivity contribution < 1.29 is 114 Å². The van der Waals surface area contributed by atoms with E-state index in [1.807, 2.05) is 0 Å². The molecular formula is C10H12Na2O13S2. The fourth-order valence-electron chi connectivity index (χ4n) is 1.68. The predicted molar refractivity (Wildman–Crippen MR) is 78.7 cm³/mol. The molecule has 0 aliphatic carbocycles. The van der Waals surface area contributed by atoms with E-state index in [4.69, 9.17) is 4.42 Å². The van der Waals surface area contributed by atoms with Crippen LogP contribution in [-0.2, 0) is 20.8 Å². The van der Waals surface area contributed by atoms with Crippen LogP contribution in [0, 0.1) is 6.92 Å². The maximum atomic E-state index is 11.2. The minimum Gasteiger partial charge on any atom is -0.716 e. The molecule has 0 spiro atoms. The second kappa shape index (κ2) is 12.3. The summed E-state index contributed by atoms with van der Waals surface area (Å²) in [7, 11) is -10.6. The minimum absolute atomic E-state index is 0. The quantitative estimate of drug-likeness (QED) is 0.184. The average molecular weight is 450 g/mol. The van der Waals surface area contributed by atoms with Crippen LogP contribution in [0.15, 0.2) is 27.4 Å². The molecule has 0 atom stereocenters. The smallest absolute Gasteiger partial charge is 0.716 e. The average Bonchev–Trinajstić information content (AvgIpc) is 2.26. The van der Waals surface area contributed by atoms with Crippen molar-refractivity contribution in [1.29, 1.82) is 0 Å². The molecule has 1 aromatic carbocycles. The Balaban J connectivity index is -0.000000529. The zero-order valence-corrected chi connectivity index (χ0v) is 19.8. The molecule has 0 radical (unpaired) electrons. The fraction of sp³-hybridized carbons (Fsp3) is 0.100. The largest absolute Gasteiger partial charge is 1.00 e. The van der Waals surface area contributed by atoms with Crippen molar-refractivity contribution in [2.75, 3.05) is 0 Å². The zero-order chi connectivity index (χ0) is 16.7. The number of fused-ring (bicyclic) bond motifs is 1. The summed E-state index contributed by atoms with van der Waals surface area (Å²) < 4.78 is 76.7. The van der Waals surface area contributed by atoms with Crippen molar-refractivity contribution in [3.05, 3.63) is 34.2 Å². The van der Waals surface area contributed by atoms with E-state index in [0.29, 0.717) is 5.56 Å². The van der Waals surface area contributed by atoms with Crippen molar-refractivity contribution in [1.82, 2.24) is 0 Å². The predicted octanol–water partition coefficient (Wildman–Crippen LogP) is -8.69. The van der Waals surface area contributed by atoms with E-state index in [1.54, 1.807) is 0 Å². The van der Waals surface area contributed by atoms with E-state index in [9.17, 15) is 30.7 Å². The Labute approximate surface area is 197 Å². The molecule has 1 aromatic heterocycles. The third-order valence-corrected chi connectivity index (χ3v) is 3.17. The maximum absolute atomic E-state index is 11.2. The van der Waals surface area contributed by atoms with Crippen LogP contribution in [0.3, 0.4) is 0 Å². The van der Waals surface area contributed by atoms with Gasteiger partial charge in [-0.05, 0) is 18.6 Å². The molecule has 2 aromatic rings. The Bertz CT molecular complexity index is 1010. The number of hydrogen-bond donors (Lipinski definition) is 0. The van der Waals surface area contributed by atoms with Gasteiger partial charge >= 0.3 is 64.7 Å². The van der Waals surface area contributed by atoms with Crippen LogP contribution in [0.5, 0.6) is 11.5 Å². The molecule has 6 N–H and O–H groups in total. The summed E-state index contributed by atoms with van der Waals surface area (Å²) in [4.78, 5) is 11.2. The van der Waals surface area contributed by atoms with Crippen molar-refractivity contribution in [3.63, 3.8) is 0 Å². The molecular weight excluding hydrogens is 438 g/mol. The van der Waals surface area contributed by atoms with Gasteiger partial charge in [-0.1, -0.05) is 0 Å². The summed E-state index contributed by atoms with van der Waals surface area (Å²) in [5.41, 5.74) is -0.638. The van der Waals surface area contributed by atoms with Gasteiger partial charge in [-0.15, -0.1) is 0 Å². The van der Waals surface area contributed by atoms with Crippen LogP contribution < -0.4 is 73.1 Å². The summed E-state index contributed by atoms with van der Waals surface area (Å²) in [5.74, 6) is -1.74. The monoisotopic (exact) mass is 450 g/mol. The number of benzene rings is 1. The molecule has 0 saturated heterocycles. The molecule has 1 heterocycles. The van der Waals surface area contributed by atoms with Crippen LogP contribution in [0.2, 0.25) is 0 Å². The standard InChI is InChI=1S/C10H8O10S2.2Na.3H2O/c1-5-2-10(11)18-7-4-9(20-22(15,16)17)8(3-6(5)7)19-21(12,13)14;;;;;/h2-4H,1H3,(H,12,13,14)(H,15,16,17);;;3*1H2/q;2*+1;;;/p-2. The molecule has 0 bridgehead atoms. The van der Waals surface area contributed by atoms with Gasteiger partial charge in [0, 0.05) is 17.5 Å². The molecule has 144 valence electrons. The molecule has 2 rings (SSSR count). The van der Waals surface area contributed by atoms with E-state index in [2.05, 4.69) is 8.37 Å². The van der Waals surface area contributed by atoms with Gasteiger partial charge in [0.05, 0.1) is 0 Å². The summed E-state index contributed by atoms with van der Waals surface area (Å²) in [6, 6.07) is 2.71. The van der Waals surface area contributed by atoms with E-state index >= 15 is 0 Å². The normalized spacial score (nSPS) is 10.0. The first-order valence-electron chi connectivity index (χ1n) is 5.34. The Hall–Kier alpha value is -0.270. The second-order valence-electron chi connectivity index (χ2n) is 4.03. The molecule has 0 saturated carbocycles. The van der Waals surface area contributed by atoms with Crippen LogP contribution >= 0.6 is 0 Å². The molecule has 0 fully saturated rings. The van der Waals surface area contributed by atoms with Crippen molar-refractivity contribution in [2.24, 2.45) is 0 Å². The summed E-state index contributed by atoms with van der Waals surface area (Å²) in [5, 5.41) is 0.147. The molecule has 27 heavy (non-hydrogen) atoms. The van der Waals surface area contributed by atoms with Gasteiger partial charge in [-0.25, -0.2) is 21.6 Å². The number of aryl methyl sites for hydroxylation is 1. The Morgan fingerprint density at radius 1 is 0.852 bits per heavy atom. The summed E-state index contributed by atoms with van der Waals surface area (Å²) >= 11 is 0. The topological polar surface area (TPSA) is 258 Å². The third-order valence-electron chi connectivity index (χ3n) is 2.40. The first kappa shape index (κ1) is 34.3. The molecule has 0 amide bonds. The van der Waals surface area contributed by atoms with Crippen LogP contribution in [-0.4, -0.2) is 42.4 Å². The van der Waals surface area contributed by atoms with Gasteiger partial charge in [-0.3, -0.25) is 0 Å². The van der Waals surface area contributed by atoms with Crippen molar-refractivity contribution >= 4 is 31.8 Å².